The first-order chi connectivity index (χ1) is 15.6. The van der Waals surface area contributed by atoms with Crippen molar-refractivity contribution in [1.82, 2.24) is 4.90 Å². The highest BCUT2D eigenvalue weighted by Crippen LogP contribution is 2.34. The Bertz CT molecular complexity index is 1150. The lowest BCUT2D eigenvalue weighted by Crippen LogP contribution is -2.38. The zero-order chi connectivity index (χ0) is 25.7. The van der Waals surface area contributed by atoms with Crippen LogP contribution in [-0.2, 0) is 30.1 Å². The molecule has 0 aromatic heterocycles. The fourth-order valence-electron chi connectivity index (χ4n) is 3.81. The Labute approximate surface area is 199 Å². The molecule has 1 heterocycles. The summed E-state index contributed by atoms with van der Waals surface area (Å²) in [6.45, 7) is 0.888. The van der Waals surface area contributed by atoms with Crippen LogP contribution in [0.15, 0.2) is 23.1 Å². The van der Waals surface area contributed by atoms with Crippen molar-refractivity contribution in [1.29, 1.82) is 0 Å². The van der Waals surface area contributed by atoms with Crippen LogP contribution in [0.5, 0.6) is 0 Å². The highest BCUT2D eigenvalue weighted by Gasteiger charge is 2.34. The Hall–Kier alpha value is -1.85. The lowest BCUT2D eigenvalue weighted by Gasteiger charge is -2.31. The van der Waals surface area contributed by atoms with Crippen LogP contribution < -0.4 is 4.90 Å². The topological polar surface area (TPSA) is 192 Å². The number of nitrogens with zero attached hydrogens (tertiary/aromatic N) is 3. The first kappa shape index (κ1) is 28.4. The van der Waals surface area contributed by atoms with E-state index in [0.717, 1.165) is 12.1 Å². The summed E-state index contributed by atoms with van der Waals surface area (Å²) < 4.78 is 89.6. The molecule has 1 saturated heterocycles. The van der Waals surface area contributed by atoms with E-state index >= 15 is 0 Å². The van der Waals surface area contributed by atoms with E-state index in [2.05, 4.69) is 0 Å². The standard InChI is InChI=1S/C18H29N3O10S3/c1-19-10-6-16(7-11-19)34(30,31)18-14-15(21(22)23)4-5-17(18)20(8-2-12-32(24,25)26)9-3-13-33(27,28)29/h4-5,14,16H,2-3,6-13H2,1H3,(H,24,25,26)(H,27,28,29). The SMILES string of the molecule is CN1CCC(S(=O)(=O)c2cc([N+](=O)[O-])ccc2N(CCCS(=O)(=O)O)CCCS(=O)(=O)O)CC1. The largest absolute Gasteiger partial charge is 0.370 e. The number of nitro benzene ring substituents is 1. The van der Waals surface area contributed by atoms with E-state index in [1.807, 2.05) is 11.9 Å². The van der Waals surface area contributed by atoms with Crippen LogP contribution in [0, 0.1) is 10.1 Å². The van der Waals surface area contributed by atoms with Crippen molar-refractivity contribution in [3.63, 3.8) is 0 Å². The summed E-state index contributed by atoms with van der Waals surface area (Å²) in [6, 6.07) is 3.31. The lowest BCUT2D eigenvalue weighted by molar-refractivity contribution is -0.385. The molecular weight excluding hydrogens is 514 g/mol. The molecule has 16 heteroatoms. The van der Waals surface area contributed by atoms with Crippen LogP contribution in [0.3, 0.4) is 0 Å². The van der Waals surface area contributed by atoms with Crippen LogP contribution in [-0.4, -0.2) is 94.2 Å². The fraction of sp³-hybridized carbons (Fsp3) is 0.667. The average Bonchev–Trinajstić information content (AvgIpc) is 2.71. The molecule has 34 heavy (non-hydrogen) atoms. The fourth-order valence-corrected chi connectivity index (χ4v) is 6.76. The second-order valence-electron chi connectivity index (χ2n) is 8.22. The molecule has 2 N–H and O–H groups in total. The first-order valence-electron chi connectivity index (χ1n) is 10.5. The molecule has 13 nitrogen and oxygen atoms in total. The third-order valence-electron chi connectivity index (χ3n) is 5.57. The van der Waals surface area contributed by atoms with Crippen molar-refractivity contribution < 1.29 is 39.3 Å². The third-order valence-corrected chi connectivity index (χ3v) is 9.46. The maximum absolute atomic E-state index is 13.5. The minimum absolute atomic E-state index is 0.0650. The Morgan fingerprint density at radius 2 is 1.50 bits per heavy atom. The summed E-state index contributed by atoms with van der Waals surface area (Å²) in [7, 11) is -10.8. The molecule has 0 amide bonds. The van der Waals surface area contributed by atoms with Gasteiger partial charge in [0.1, 0.15) is 0 Å². The van der Waals surface area contributed by atoms with Crippen LogP contribution in [0.2, 0.25) is 0 Å². The van der Waals surface area contributed by atoms with E-state index in [1.165, 1.54) is 11.0 Å². The number of hydrogen-bond acceptors (Lipinski definition) is 10. The van der Waals surface area contributed by atoms with Gasteiger partial charge in [-0.25, -0.2) is 8.42 Å². The number of non-ortho nitro benzene ring substituents is 1. The predicted molar refractivity (Wildman–Crippen MR) is 125 cm³/mol. The Morgan fingerprint density at radius 3 is 1.94 bits per heavy atom. The van der Waals surface area contributed by atoms with Gasteiger partial charge in [-0.2, -0.15) is 16.8 Å². The first-order valence-corrected chi connectivity index (χ1v) is 15.2. The Morgan fingerprint density at radius 1 is 1.00 bits per heavy atom. The van der Waals surface area contributed by atoms with Gasteiger partial charge in [0.25, 0.3) is 25.9 Å². The van der Waals surface area contributed by atoms with E-state index in [4.69, 9.17) is 9.11 Å². The molecule has 2 rings (SSSR count). The van der Waals surface area contributed by atoms with E-state index < -0.39 is 57.4 Å². The number of sulfone groups is 1. The molecule has 1 aromatic rings. The molecule has 0 aliphatic carbocycles. The number of rotatable bonds is 12. The smallest absolute Gasteiger partial charge is 0.270 e. The van der Waals surface area contributed by atoms with Crippen LogP contribution >= 0.6 is 0 Å². The van der Waals surface area contributed by atoms with Gasteiger partial charge in [0.05, 0.1) is 32.3 Å². The second-order valence-corrected chi connectivity index (χ2v) is 13.6. The summed E-state index contributed by atoms with van der Waals surface area (Å²) in [5.74, 6) is -1.24. The van der Waals surface area contributed by atoms with Gasteiger partial charge < -0.3 is 9.80 Å². The summed E-state index contributed by atoms with van der Waals surface area (Å²) in [5, 5.41) is 10.6. The van der Waals surface area contributed by atoms with Gasteiger partial charge in [-0.1, -0.05) is 0 Å². The second kappa shape index (κ2) is 11.3. The van der Waals surface area contributed by atoms with Crippen molar-refractivity contribution in [2.24, 2.45) is 0 Å². The number of benzene rings is 1. The molecule has 1 fully saturated rings. The number of likely N-dealkylation sites (tertiary alicyclic amines) is 1. The van der Waals surface area contributed by atoms with Gasteiger partial charge >= 0.3 is 0 Å². The maximum Gasteiger partial charge on any atom is 0.270 e. The third kappa shape index (κ3) is 8.42. The van der Waals surface area contributed by atoms with Gasteiger partial charge in [0, 0.05) is 25.2 Å². The summed E-state index contributed by atoms with van der Waals surface area (Å²) in [4.78, 5) is 13.7. The molecule has 0 bridgehead atoms. The monoisotopic (exact) mass is 543 g/mol. The zero-order valence-electron chi connectivity index (χ0n) is 18.6. The van der Waals surface area contributed by atoms with Crippen molar-refractivity contribution in [2.45, 2.75) is 35.8 Å². The van der Waals surface area contributed by atoms with Crippen molar-refractivity contribution in [2.75, 3.05) is 49.6 Å². The van der Waals surface area contributed by atoms with Crippen molar-refractivity contribution in [3.8, 4) is 0 Å². The number of hydrogen-bond donors (Lipinski definition) is 2. The molecule has 1 aliphatic heterocycles. The quantitative estimate of drug-likeness (QED) is 0.214. The number of piperidine rings is 1. The number of nitro groups is 1. The van der Waals surface area contributed by atoms with Gasteiger partial charge in [-0.3, -0.25) is 19.2 Å². The van der Waals surface area contributed by atoms with Gasteiger partial charge in [0.2, 0.25) is 0 Å². The van der Waals surface area contributed by atoms with Gasteiger partial charge in [-0.05, 0) is 51.9 Å². The van der Waals surface area contributed by atoms with Crippen molar-refractivity contribution >= 4 is 41.4 Å². The predicted octanol–water partition coefficient (Wildman–Crippen LogP) is 0.825. The molecule has 0 spiro atoms. The van der Waals surface area contributed by atoms with Crippen LogP contribution in [0.25, 0.3) is 0 Å². The van der Waals surface area contributed by atoms with Gasteiger partial charge in [-0.15, -0.1) is 0 Å². The van der Waals surface area contributed by atoms with Crippen LogP contribution in [0.4, 0.5) is 11.4 Å². The van der Waals surface area contributed by atoms with Crippen molar-refractivity contribution in [3.05, 3.63) is 28.3 Å². The molecular formula is C18H29N3O10S3. The molecule has 0 saturated carbocycles. The normalized spacial score (nSPS) is 16.4. The summed E-state index contributed by atoms with van der Waals surface area (Å²) in [5.41, 5.74) is -0.374. The Kier molecular flexibility index (Phi) is 9.40. The minimum Gasteiger partial charge on any atom is -0.370 e. The molecule has 0 unspecified atom stereocenters. The van der Waals surface area contributed by atoms with E-state index in [1.54, 1.807) is 0 Å². The Balaban J connectivity index is 2.48. The molecule has 0 atom stereocenters. The highest BCUT2D eigenvalue weighted by atomic mass is 32.2. The van der Waals surface area contributed by atoms with E-state index in [-0.39, 0.29) is 36.5 Å². The zero-order valence-corrected chi connectivity index (χ0v) is 21.1. The maximum atomic E-state index is 13.5. The lowest BCUT2D eigenvalue weighted by atomic mass is 10.1. The van der Waals surface area contributed by atoms with E-state index in [9.17, 15) is 35.4 Å². The summed E-state index contributed by atoms with van der Waals surface area (Å²) >= 11 is 0. The average molecular weight is 544 g/mol. The highest BCUT2D eigenvalue weighted by molar-refractivity contribution is 7.92. The summed E-state index contributed by atoms with van der Waals surface area (Å²) in [6.07, 6.45) is 0.420. The van der Waals surface area contributed by atoms with Crippen LogP contribution in [0.1, 0.15) is 25.7 Å². The molecule has 0 radical (unpaired) electrons. The molecule has 194 valence electrons. The van der Waals surface area contributed by atoms with Gasteiger partial charge in [0.15, 0.2) is 9.84 Å². The minimum atomic E-state index is -4.30. The molecule has 1 aliphatic rings. The van der Waals surface area contributed by atoms with E-state index in [0.29, 0.717) is 25.9 Å². The number of anilines is 1. The molecule has 1 aromatic carbocycles.